The number of carboxylic acids is 1. The predicted molar refractivity (Wildman–Crippen MR) is 97.2 cm³/mol. The van der Waals surface area contributed by atoms with Gasteiger partial charge in [-0.15, -0.1) is 0 Å². The highest BCUT2D eigenvalue weighted by molar-refractivity contribution is 5.81. The Kier molecular flexibility index (Phi) is 3.79. The van der Waals surface area contributed by atoms with E-state index in [1.54, 1.807) is 12.1 Å². The molecule has 1 fully saturated rings. The summed E-state index contributed by atoms with van der Waals surface area (Å²) in [5.74, 6) is -1.87. The van der Waals surface area contributed by atoms with E-state index in [4.69, 9.17) is 14.6 Å². The maximum Gasteiger partial charge on any atom is 0.333 e. The molecule has 1 saturated carbocycles. The van der Waals surface area contributed by atoms with Crippen LogP contribution in [0, 0.1) is 5.92 Å². The van der Waals surface area contributed by atoms with Gasteiger partial charge >= 0.3 is 11.9 Å². The molecule has 1 spiro atoms. The minimum absolute atomic E-state index is 0.0223. The van der Waals surface area contributed by atoms with E-state index in [9.17, 15) is 24.9 Å². The first-order valence-electron chi connectivity index (χ1n) is 9.84. The van der Waals surface area contributed by atoms with Crippen LogP contribution >= 0.6 is 0 Å². The minimum Gasteiger partial charge on any atom is -0.504 e. The van der Waals surface area contributed by atoms with Crippen molar-refractivity contribution in [2.75, 3.05) is 0 Å². The fourth-order valence-corrected chi connectivity index (χ4v) is 5.95. The summed E-state index contributed by atoms with van der Waals surface area (Å²) in [5, 5.41) is 40.5. The summed E-state index contributed by atoms with van der Waals surface area (Å²) in [6.45, 7) is 0. The first kappa shape index (κ1) is 18.4. The van der Waals surface area contributed by atoms with Crippen LogP contribution in [0.5, 0.6) is 11.5 Å². The number of aliphatic hydroxyl groups is 2. The second kappa shape index (κ2) is 5.96. The van der Waals surface area contributed by atoms with E-state index in [-0.39, 0.29) is 23.8 Å². The van der Waals surface area contributed by atoms with Crippen LogP contribution in [-0.2, 0) is 26.2 Å². The van der Waals surface area contributed by atoms with Crippen molar-refractivity contribution in [3.05, 3.63) is 35.1 Å². The second-order valence-corrected chi connectivity index (χ2v) is 8.48. The summed E-state index contributed by atoms with van der Waals surface area (Å²) >= 11 is 0. The Bertz CT molecular complexity index is 952. The number of aliphatic carboxylic acids is 1. The maximum atomic E-state index is 12.2. The molecule has 5 rings (SSSR count). The molecular weight excluding hydrogens is 380 g/mol. The highest BCUT2D eigenvalue weighted by atomic mass is 16.6. The molecule has 29 heavy (non-hydrogen) atoms. The third-order valence-corrected chi connectivity index (χ3v) is 7.14. The van der Waals surface area contributed by atoms with E-state index in [2.05, 4.69) is 0 Å². The van der Waals surface area contributed by atoms with Gasteiger partial charge in [0.25, 0.3) is 0 Å². The number of benzene rings is 1. The van der Waals surface area contributed by atoms with Crippen molar-refractivity contribution < 1.29 is 39.5 Å². The summed E-state index contributed by atoms with van der Waals surface area (Å²) in [4.78, 5) is 23.0. The van der Waals surface area contributed by atoms with Gasteiger partial charge < -0.3 is 29.9 Å². The standard InChI is InChI=1S/C21H22O8/c22-12-4-3-10-8-11-2-1-6-20-16(10)17(12)29-18(20)14(5-7-21(11,20)27)28-15(24)9-13(23)19(25)26/h3-5,11,13,18,22-23,27H,1-2,6-9H2,(H,25,26)/t11-,13-,18+,20+,21-/m1/s1. The molecule has 0 radical (unpaired) electrons. The molecular formula is C21H22O8. The van der Waals surface area contributed by atoms with Crippen LogP contribution < -0.4 is 4.74 Å². The van der Waals surface area contributed by atoms with Gasteiger partial charge in [-0.3, -0.25) is 4.79 Å². The maximum absolute atomic E-state index is 12.2. The number of esters is 1. The summed E-state index contributed by atoms with van der Waals surface area (Å²) in [7, 11) is 0. The van der Waals surface area contributed by atoms with Crippen LogP contribution in [0.4, 0.5) is 0 Å². The van der Waals surface area contributed by atoms with Crippen molar-refractivity contribution in [1.29, 1.82) is 0 Å². The molecule has 1 aliphatic heterocycles. The molecule has 2 bridgehead atoms. The highest BCUT2D eigenvalue weighted by Gasteiger charge is 2.70. The van der Waals surface area contributed by atoms with Gasteiger partial charge in [0.1, 0.15) is 5.76 Å². The van der Waals surface area contributed by atoms with Crippen LogP contribution in [0.3, 0.4) is 0 Å². The molecule has 0 amide bonds. The van der Waals surface area contributed by atoms with Crippen LogP contribution in [0.15, 0.2) is 24.0 Å². The number of hydrogen-bond acceptors (Lipinski definition) is 7. The van der Waals surface area contributed by atoms with Gasteiger partial charge in [0, 0.05) is 5.56 Å². The van der Waals surface area contributed by atoms with Crippen LogP contribution in [0.25, 0.3) is 0 Å². The van der Waals surface area contributed by atoms with Crippen LogP contribution in [0.1, 0.15) is 43.2 Å². The van der Waals surface area contributed by atoms with Gasteiger partial charge in [-0.2, -0.15) is 0 Å². The minimum atomic E-state index is -1.85. The van der Waals surface area contributed by atoms with Crippen molar-refractivity contribution in [3.63, 3.8) is 0 Å². The van der Waals surface area contributed by atoms with Gasteiger partial charge in [-0.1, -0.05) is 12.5 Å². The lowest BCUT2D eigenvalue weighted by atomic mass is 9.47. The topological polar surface area (TPSA) is 134 Å². The quantitative estimate of drug-likeness (QED) is 0.551. The van der Waals surface area contributed by atoms with E-state index in [1.165, 1.54) is 0 Å². The molecule has 1 heterocycles. The Morgan fingerprint density at radius 3 is 2.90 bits per heavy atom. The molecule has 0 aromatic heterocycles. The molecule has 4 N–H and O–H groups in total. The molecule has 154 valence electrons. The van der Waals surface area contributed by atoms with Gasteiger partial charge in [-0.05, 0) is 49.3 Å². The molecule has 8 heteroatoms. The number of aliphatic hydroxyl groups excluding tert-OH is 1. The van der Waals surface area contributed by atoms with Gasteiger partial charge in [0.05, 0.1) is 17.4 Å². The van der Waals surface area contributed by atoms with E-state index in [0.717, 1.165) is 24.0 Å². The molecule has 0 unspecified atom stereocenters. The number of aromatic hydroxyl groups is 1. The Hall–Kier alpha value is -2.58. The van der Waals surface area contributed by atoms with Crippen molar-refractivity contribution in [3.8, 4) is 11.5 Å². The number of carboxylic acid groups (broad SMARTS) is 1. The lowest BCUT2D eigenvalue weighted by Gasteiger charge is -2.59. The lowest BCUT2D eigenvalue weighted by molar-refractivity contribution is -0.163. The number of hydrogen-bond donors (Lipinski definition) is 4. The smallest absolute Gasteiger partial charge is 0.333 e. The first-order chi connectivity index (χ1) is 13.8. The first-order valence-corrected chi connectivity index (χ1v) is 9.84. The normalized spacial score (nSPS) is 34.5. The van der Waals surface area contributed by atoms with E-state index < -0.39 is 41.6 Å². The van der Waals surface area contributed by atoms with Gasteiger partial charge in [0.2, 0.25) is 0 Å². The molecule has 8 nitrogen and oxygen atoms in total. The van der Waals surface area contributed by atoms with Crippen molar-refractivity contribution in [1.82, 2.24) is 0 Å². The average molecular weight is 402 g/mol. The van der Waals surface area contributed by atoms with Crippen molar-refractivity contribution in [2.24, 2.45) is 5.92 Å². The zero-order valence-electron chi connectivity index (χ0n) is 15.6. The molecule has 5 atom stereocenters. The Balaban J connectivity index is 1.57. The predicted octanol–water partition coefficient (Wildman–Crippen LogP) is 1.14. The third kappa shape index (κ3) is 2.27. The van der Waals surface area contributed by atoms with E-state index in [0.29, 0.717) is 18.6 Å². The number of ether oxygens (including phenoxy) is 2. The molecule has 1 aromatic rings. The Morgan fingerprint density at radius 1 is 1.34 bits per heavy atom. The lowest BCUT2D eigenvalue weighted by Crippen LogP contribution is -2.67. The van der Waals surface area contributed by atoms with Gasteiger partial charge in [-0.25, -0.2) is 4.79 Å². The van der Waals surface area contributed by atoms with Crippen molar-refractivity contribution >= 4 is 11.9 Å². The summed E-state index contributed by atoms with van der Waals surface area (Å²) in [6, 6.07) is 3.45. The number of phenols is 1. The largest absolute Gasteiger partial charge is 0.504 e. The second-order valence-electron chi connectivity index (χ2n) is 8.48. The van der Waals surface area contributed by atoms with Crippen LogP contribution in [-0.4, -0.2) is 50.2 Å². The number of carbonyl (C=O) groups excluding carboxylic acids is 1. The third-order valence-electron chi connectivity index (χ3n) is 7.14. The zero-order chi connectivity index (χ0) is 20.6. The SMILES string of the molecule is O=C(C[C@@H](O)C(=O)O)OC1=CC[C@@]2(O)[C@@H]3CCC[C@@]24c2c(ccc(O)c2O[C@@H]14)C3. The fourth-order valence-electron chi connectivity index (χ4n) is 5.95. The molecule has 4 aliphatic rings. The summed E-state index contributed by atoms with van der Waals surface area (Å²) in [5.41, 5.74) is -0.0667. The Labute approximate surface area is 166 Å². The summed E-state index contributed by atoms with van der Waals surface area (Å²) in [6.07, 6.45) is 1.64. The molecule has 1 aromatic carbocycles. The van der Waals surface area contributed by atoms with Crippen molar-refractivity contribution in [2.45, 2.75) is 61.7 Å². The number of rotatable bonds is 4. The monoisotopic (exact) mass is 402 g/mol. The number of carbonyl (C=O) groups is 2. The Morgan fingerprint density at radius 2 is 2.14 bits per heavy atom. The number of phenolic OH excluding ortho intramolecular Hbond substituents is 1. The highest BCUT2D eigenvalue weighted by Crippen LogP contribution is 2.67. The summed E-state index contributed by atoms with van der Waals surface area (Å²) < 4.78 is 11.5. The van der Waals surface area contributed by atoms with Crippen LogP contribution in [0.2, 0.25) is 0 Å². The molecule has 3 aliphatic carbocycles. The van der Waals surface area contributed by atoms with E-state index in [1.807, 2.05) is 6.07 Å². The van der Waals surface area contributed by atoms with Gasteiger partial charge in [0.15, 0.2) is 23.7 Å². The molecule has 0 saturated heterocycles. The van der Waals surface area contributed by atoms with E-state index >= 15 is 0 Å². The fraction of sp³-hybridized carbons (Fsp3) is 0.524. The zero-order valence-corrected chi connectivity index (χ0v) is 15.6. The average Bonchev–Trinajstić information content (AvgIpc) is 3.00.